The Balaban J connectivity index is 1.42. The fourth-order valence-electron chi connectivity index (χ4n) is 7.22. The molecule has 0 radical (unpaired) electrons. The van der Waals surface area contributed by atoms with Crippen LogP contribution in [-0.2, 0) is 18.5 Å². The van der Waals surface area contributed by atoms with E-state index in [1.165, 1.54) is 65.2 Å². The summed E-state index contributed by atoms with van der Waals surface area (Å²) in [6.07, 6.45) is 3.10. The zero-order chi connectivity index (χ0) is 35.0. The molecule has 0 aromatic heterocycles. The molecule has 7 aromatic carbocycles. The lowest BCUT2D eigenvalue weighted by Gasteiger charge is -2.30. The molecule has 0 saturated heterocycles. The van der Waals surface area contributed by atoms with Gasteiger partial charge < -0.3 is 0 Å². The van der Waals surface area contributed by atoms with Crippen molar-refractivity contribution in [1.29, 1.82) is 0 Å². The minimum atomic E-state index is -0.599. The van der Waals surface area contributed by atoms with E-state index in [-0.39, 0.29) is 0 Å². The van der Waals surface area contributed by atoms with Gasteiger partial charge in [0, 0.05) is 18.5 Å². The van der Waals surface area contributed by atoms with Gasteiger partial charge in [-0.3, -0.25) is 0 Å². The third-order valence-electron chi connectivity index (χ3n) is 10.1. The van der Waals surface area contributed by atoms with Crippen molar-refractivity contribution in [3.63, 3.8) is 0 Å². The summed E-state index contributed by atoms with van der Waals surface area (Å²) in [5.74, 6) is 0. The van der Waals surface area contributed by atoms with E-state index in [1.807, 2.05) is 0 Å². The van der Waals surface area contributed by atoms with Crippen LogP contribution in [0.3, 0.4) is 0 Å². The van der Waals surface area contributed by atoms with E-state index in [0.717, 1.165) is 18.5 Å². The molecule has 0 spiro atoms. The lowest BCUT2D eigenvalue weighted by atomic mass is 9.90. The quantitative estimate of drug-likeness (QED) is 0.111. The average molecular weight is 715 g/mol. The maximum absolute atomic E-state index is 2.43. The van der Waals surface area contributed by atoms with E-state index in [4.69, 9.17) is 0 Å². The predicted octanol–water partition coefficient (Wildman–Crippen LogP) is 10.5. The molecular weight excluding hydrogens is 669 g/mol. The lowest BCUT2D eigenvalue weighted by molar-refractivity contribution is 1.09. The van der Waals surface area contributed by atoms with Gasteiger partial charge in [0.15, 0.2) is 0 Å². The molecule has 0 aliphatic rings. The Hall–Kier alpha value is -4.17. The van der Waals surface area contributed by atoms with Gasteiger partial charge in [-0.2, -0.15) is 0 Å². The number of hydrogen-bond acceptors (Lipinski definition) is 0. The molecule has 0 aliphatic carbocycles. The van der Waals surface area contributed by atoms with Crippen LogP contribution in [-0.4, -0.2) is 0 Å². The molecule has 0 unspecified atom stereocenters. The number of hydrogen-bond donors (Lipinski definition) is 0. The molecule has 0 amide bonds. The Morgan fingerprint density at radius 3 is 0.569 bits per heavy atom. The van der Waals surface area contributed by atoms with Crippen LogP contribution in [0.25, 0.3) is 0 Å². The van der Waals surface area contributed by atoms with Crippen molar-refractivity contribution in [1.82, 2.24) is 0 Å². The fraction of sp³-hybridized carbons (Fsp3) is 0.125. The van der Waals surface area contributed by atoms with Crippen molar-refractivity contribution < 1.29 is 0 Å². The van der Waals surface area contributed by atoms with Gasteiger partial charge in [0.2, 0.25) is 0 Å². The highest BCUT2D eigenvalue weighted by molar-refractivity contribution is 7.73. The fourth-order valence-corrected chi connectivity index (χ4v) is 14.8. The van der Waals surface area contributed by atoms with Crippen LogP contribution < -0.4 is 31.8 Å². The Morgan fingerprint density at radius 1 is 0.255 bits per heavy atom. The standard InChI is InChI=1S/C48H45P3/c1-37-46(34-49(40-22-10-4-11-23-40)41-24-12-5-13-25-41)38(2)48(36-51(44-30-18-8-19-31-44)45-32-20-9-21-33-45)39(3)47(37)35-50(42-26-14-6-15-27-42)43-28-16-7-17-29-43/h4-33H,34-36H2,1-3H3. The van der Waals surface area contributed by atoms with Crippen LogP contribution in [0.1, 0.15) is 33.4 Å². The number of rotatable bonds is 12. The molecule has 7 aromatic rings. The summed E-state index contributed by atoms with van der Waals surface area (Å²) in [6, 6.07) is 67.4. The second kappa shape index (κ2) is 16.9. The summed E-state index contributed by atoms with van der Waals surface area (Å²) >= 11 is 0. The van der Waals surface area contributed by atoms with Crippen molar-refractivity contribution >= 4 is 55.6 Å². The third-order valence-corrected chi connectivity index (χ3v) is 17.5. The molecule has 0 aliphatic heterocycles. The second-order valence-corrected chi connectivity index (χ2v) is 19.7. The van der Waals surface area contributed by atoms with E-state index in [9.17, 15) is 0 Å². The van der Waals surface area contributed by atoms with Gasteiger partial charge in [-0.15, -0.1) is 0 Å². The second-order valence-electron chi connectivity index (χ2n) is 13.1. The molecule has 0 atom stereocenters. The lowest BCUT2D eigenvalue weighted by Crippen LogP contribution is -2.18. The van der Waals surface area contributed by atoms with Crippen LogP contribution in [0.5, 0.6) is 0 Å². The first-order chi connectivity index (χ1) is 25.1. The zero-order valence-corrected chi connectivity index (χ0v) is 32.5. The van der Waals surface area contributed by atoms with Crippen LogP contribution in [0.4, 0.5) is 0 Å². The van der Waals surface area contributed by atoms with Gasteiger partial charge in [0.1, 0.15) is 0 Å². The molecule has 0 bridgehead atoms. The number of benzene rings is 7. The highest BCUT2D eigenvalue weighted by Crippen LogP contribution is 2.48. The Kier molecular flexibility index (Phi) is 11.7. The maximum Gasteiger partial charge on any atom is 0.00129 e. The normalized spacial score (nSPS) is 11.4. The molecule has 3 heteroatoms. The van der Waals surface area contributed by atoms with Gasteiger partial charge >= 0.3 is 0 Å². The highest BCUT2D eigenvalue weighted by atomic mass is 31.1. The van der Waals surface area contributed by atoms with Crippen molar-refractivity contribution in [2.24, 2.45) is 0 Å². The largest absolute Gasteiger partial charge is 0.0622 e. The minimum absolute atomic E-state index is 0.599. The third kappa shape index (κ3) is 8.17. The SMILES string of the molecule is Cc1c(CP(c2ccccc2)c2ccccc2)c(C)c(CP(c2ccccc2)c2ccccc2)c(C)c1CP(c1ccccc1)c1ccccc1. The highest BCUT2D eigenvalue weighted by Gasteiger charge is 2.26. The summed E-state index contributed by atoms with van der Waals surface area (Å²) in [4.78, 5) is 0. The molecule has 0 saturated carbocycles. The Bertz CT molecular complexity index is 1740. The van der Waals surface area contributed by atoms with Crippen LogP contribution in [0, 0.1) is 20.8 Å². The Morgan fingerprint density at radius 2 is 0.412 bits per heavy atom. The van der Waals surface area contributed by atoms with Crippen molar-refractivity contribution in [3.8, 4) is 0 Å². The summed E-state index contributed by atoms with van der Waals surface area (Å²) in [5.41, 5.74) is 9.06. The monoisotopic (exact) mass is 714 g/mol. The van der Waals surface area contributed by atoms with E-state index in [2.05, 4.69) is 203 Å². The van der Waals surface area contributed by atoms with E-state index < -0.39 is 23.8 Å². The van der Waals surface area contributed by atoms with Gasteiger partial charge in [-0.05, 0) is 110 Å². The molecule has 7 rings (SSSR count). The first kappa shape index (κ1) is 35.2. The van der Waals surface area contributed by atoms with Crippen molar-refractivity contribution in [2.75, 3.05) is 0 Å². The summed E-state index contributed by atoms with van der Waals surface area (Å²) in [6.45, 7) is 7.29. The molecule has 0 heterocycles. The van der Waals surface area contributed by atoms with Gasteiger partial charge in [0.05, 0.1) is 0 Å². The molecule has 0 fully saturated rings. The van der Waals surface area contributed by atoms with Crippen molar-refractivity contribution in [2.45, 2.75) is 39.3 Å². The molecule has 0 nitrogen and oxygen atoms in total. The van der Waals surface area contributed by atoms with Gasteiger partial charge in [-0.1, -0.05) is 182 Å². The predicted molar refractivity (Wildman–Crippen MR) is 229 cm³/mol. The van der Waals surface area contributed by atoms with E-state index >= 15 is 0 Å². The van der Waals surface area contributed by atoms with Crippen LogP contribution in [0.15, 0.2) is 182 Å². The molecule has 252 valence electrons. The van der Waals surface area contributed by atoms with Crippen LogP contribution in [0.2, 0.25) is 0 Å². The van der Waals surface area contributed by atoms with Gasteiger partial charge in [0.25, 0.3) is 0 Å². The van der Waals surface area contributed by atoms with E-state index in [1.54, 1.807) is 0 Å². The zero-order valence-electron chi connectivity index (χ0n) is 29.8. The summed E-state index contributed by atoms with van der Waals surface area (Å²) in [7, 11) is -1.80. The summed E-state index contributed by atoms with van der Waals surface area (Å²) < 4.78 is 0. The molecular formula is C48H45P3. The minimum Gasteiger partial charge on any atom is -0.0622 e. The maximum atomic E-state index is 2.43. The molecule has 0 N–H and O–H groups in total. The van der Waals surface area contributed by atoms with Gasteiger partial charge in [-0.25, -0.2) is 0 Å². The van der Waals surface area contributed by atoms with E-state index in [0.29, 0.717) is 0 Å². The smallest absolute Gasteiger partial charge is 0.00129 e. The Labute approximate surface area is 308 Å². The van der Waals surface area contributed by atoms with Crippen LogP contribution >= 0.6 is 23.8 Å². The first-order valence-electron chi connectivity index (χ1n) is 17.8. The topological polar surface area (TPSA) is 0 Å². The average Bonchev–Trinajstić information content (AvgIpc) is 3.20. The first-order valence-corrected chi connectivity index (χ1v) is 22.4. The molecule has 51 heavy (non-hydrogen) atoms. The van der Waals surface area contributed by atoms with Crippen molar-refractivity contribution in [3.05, 3.63) is 215 Å². The summed E-state index contributed by atoms with van der Waals surface area (Å²) in [5, 5.41) is 8.63.